The molecular weight excluding hydrogens is 1190 g/mol. The molecule has 0 radical (unpaired) electrons. The van der Waals surface area contributed by atoms with Crippen LogP contribution in [-0.2, 0) is 39.9 Å². The normalized spacial score (nSPS) is 25.0. The molecule has 4 aromatic rings. The minimum atomic E-state index is -2.03. The van der Waals surface area contributed by atoms with E-state index in [-0.39, 0.29) is 48.7 Å². The lowest BCUT2D eigenvalue weighted by atomic mass is 9.98. The van der Waals surface area contributed by atoms with E-state index >= 15 is 0 Å². The highest BCUT2D eigenvalue weighted by atomic mass is 32.1. The van der Waals surface area contributed by atoms with Gasteiger partial charge in [0.05, 0.1) is 43.2 Å². The Kier molecular flexibility index (Phi) is 26.1. The molecule has 0 bridgehead atoms. The number of phenolic OH excluding ortho intramolecular Hbond substituents is 1. The van der Waals surface area contributed by atoms with E-state index in [1.807, 2.05) is 24.3 Å². The lowest BCUT2D eigenvalue weighted by molar-refractivity contribution is -0.147. The number of rotatable bonds is 24. The number of nitrogens with one attached hydrogen (secondary N) is 6. The van der Waals surface area contributed by atoms with Gasteiger partial charge in [0.1, 0.15) is 58.6 Å². The summed E-state index contributed by atoms with van der Waals surface area (Å²) in [5.41, 5.74) is 7.54. The van der Waals surface area contributed by atoms with Crippen LogP contribution in [0.4, 0.5) is 0 Å². The average molecular weight is 1280 g/mol. The van der Waals surface area contributed by atoms with Gasteiger partial charge < -0.3 is 97.4 Å². The van der Waals surface area contributed by atoms with Crippen molar-refractivity contribution in [3.05, 3.63) is 77.9 Å². The summed E-state index contributed by atoms with van der Waals surface area (Å²) in [6.07, 6.45) is -6.54. The molecule has 0 spiro atoms. The number of phenols is 1. The highest BCUT2D eigenvalue weighted by Gasteiger charge is 2.50. The summed E-state index contributed by atoms with van der Waals surface area (Å²) in [5.74, 6) is -7.81. The minimum absolute atomic E-state index is 0.0186. The second-order valence-electron chi connectivity index (χ2n) is 23.0. The number of hydrogen-bond donors (Lipinski definition) is 14. The molecule has 1 aromatic heterocycles. The number of nitrogens with zero attached hydrogens (tertiary/aromatic N) is 4. The zero-order chi connectivity index (χ0) is 65.2. The van der Waals surface area contributed by atoms with Crippen molar-refractivity contribution in [2.45, 2.75) is 145 Å². The number of unbranched alkanes of at least 4 members (excludes halogenated alkanes) is 4. The van der Waals surface area contributed by atoms with Gasteiger partial charge in [-0.1, -0.05) is 55.7 Å². The SMILES string of the molecule is CNCCOc1cc(C[C@@H](O)[C@@H]2NC(=O)[C@@H]3C[C@@H](O)CN3C(=O)[C@H]([C@@H](C)O)NC(=O)[C@@H](NC(=O)c3ccc(-c4nnc(-c5ccc(OCCCCCCCOC)cc5)s4)cc3)C[C@@H](O)CNC(=O)[C@@H]3[C@@H](O)[C@@H](C)CN3C(=O)[C@H]([C@H](O)CCN)NC2=O)ccc1O. The van der Waals surface area contributed by atoms with Crippen LogP contribution in [0.5, 0.6) is 17.2 Å². The monoisotopic (exact) mass is 1280 g/mol. The van der Waals surface area contributed by atoms with Crippen molar-refractivity contribution >= 4 is 52.7 Å². The van der Waals surface area contributed by atoms with Crippen LogP contribution in [0.2, 0.25) is 0 Å². The number of carbonyl (C=O) groups excluding carboxylic acids is 7. The number of aromatic nitrogens is 2. The molecule has 7 rings (SSSR count). The lowest BCUT2D eigenvalue weighted by Crippen LogP contribution is -2.64. The van der Waals surface area contributed by atoms with Crippen molar-refractivity contribution in [1.82, 2.24) is 51.9 Å². The van der Waals surface area contributed by atoms with Gasteiger partial charge in [-0.05, 0) is 93.9 Å². The van der Waals surface area contributed by atoms with Crippen LogP contribution in [0.3, 0.4) is 0 Å². The lowest BCUT2D eigenvalue weighted by Gasteiger charge is -2.34. The second kappa shape index (κ2) is 33.6. The van der Waals surface area contributed by atoms with E-state index in [1.165, 1.54) is 48.6 Å². The number of β-amino-alcohol motifs (C(OH)–C–C–N with tert-alkyl or cyclic N) is 1. The molecule has 28 nitrogen and oxygen atoms in total. The molecule has 3 aromatic carbocycles. The molecule has 29 heteroatoms. The number of fused-ring (bicyclic) bond motifs is 2. The number of likely N-dealkylation sites (N-methyl/N-ethyl adjacent to an activating group) is 1. The molecule has 15 N–H and O–H groups in total. The van der Waals surface area contributed by atoms with Gasteiger partial charge in [-0.25, -0.2) is 0 Å². The number of carbonyl (C=O) groups is 7. The Bertz CT molecular complexity index is 3050. The van der Waals surface area contributed by atoms with Gasteiger partial charge in [-0.3, -0.25) is 33.6 Å². The van der Waals surface area contributed by atoms with Gasteiger partial charge in [-0.2, -0.15) is 0 Å². The Morgan fingerprint density at radius 1 is 0.733 bits per heavy atom. The number of aromatic hydroxyl groups is 1. The third-order valence-corrected chi connectivity index (χ3v) is 17.0. The fourth-order valence-corrected chi connectivity index (χ4v) is 11.8. The zero-order valence-corrected chi connectivity index (χ0v) is 51.7. The van der Waals surface area contributed by atoms with Crippen molar-refractivity contribution < 1.29 is 83.5 Å². The predicted molar refractivity (Wildman–Crippen MR) is 327 cm³/mol. The zero-order valence-electron chi connectivity index (χ0n) is 50.9. The first-order chi connectivity index (χ1) is 43.1. The first-order valence-electron chi connectivity index (χ1n) is 30.3. The van der Waals surface area contributed by atoms with Crippen molar-refractivity contribution in [2.24, 2.45) is 11.7 Å². The van der Waals surface area contributed by atoms with Gasteiger partial charge in [0.2, 0.25) is 35.4 Å². The highest BCUT2D eigenvalue weighted by molar-refractivity contribution is 7.17. The fraction of sp³-hybridized carbons (Fsp3) is 0.557. The second-order valence-corrected chi connectivity index (χ2v) is 23.9. The predicted octanol–water partition coefficient (Wildman–Crippen LogP) is -1.55. The fourth-order valence-electron chi connectivity index (χ4n) is 10.9. The highest BCUT2D eigenvalue weighted by Crippen LogP contribution is 2.33. The van der Waals surface area contributed by atoms with E-state index < -0.39 is 152 Å². The molecule has 4 heterocycles. The van der Waals surface area contributed by atoms with E-state index in [0.29, 0.717) is 28.7 Å². The first kappa shape index (κ1) is 70.0. The van der Waals surface area contributed by atoms with Gasteiger partial charge in [0, 0.05) is 81.8 Å². The number of aliphatic hydroxyl groups is 6. The number of methoxy groups -OCH3 is 1. The smallest absolute Gasteiger partial charge is 0.251 e. The minimum Gasteiger partial charge on any atom is -0.504 e. The van der Waals surface area contributed by atoms with Crippen LogP contribution < -0.4 is 47.1 Å². The van der Waals surface area contributed by atoms with Gasteiger partial charge >= 0.3 is 0 Å². The maximum Gasteiger partial charge on any atom is 0.251 e. The molecule has 3 fully saturated rings. The Morgan fingerprint density at radius 2 is 1.37 bits per heavy atom. The summed E-state index contributed by atoms with van der Waals surface area (Å²) in [7, 11) is 3.39. The van der Waals surface area contributed by atoms with Gasteiger partial charge in [0.25, 0.3) is 5.91 Å². The molecule has 0 saturated carbocycles. The maximum absolute atomic E-state index is 14.7. The van der Waals surface area contributed by atoms with Crippen LogP contribution in [-0.4, -0.2) is 237 Å². The third kappa shape index (κ3) is 18.6. The van der Waals surface area contributed by atoms with Crippen LogP contribution in [0.25, 0.3) is 21.1 Å². The average Bonchev–Trinajstić information content (AvgIpc) is 2.64. The van der Waals surface area contributed by atoms with Crippen molar-refractivity contribution in [2.75, 3.05) is 66.7 Å². The van der Waals surface area contributed by atoms with Crippen molar-refractivity contribution in [3.63, 3.8) is 0 Å². The van der Waals surface area contributed by atoms with E-state index in [9.17, 15) is 69.3 Å². The maximum atomic E-state index is 14.7. The van der Waals surface area contributed by atoms with Crippen LogP contribution in [0, 0.1) is 5.92 Å². The van der Waals surface area contributed by atoms with Crippen molar-refractivity contribution in [1.29, 1.82) is 0 Å². The van der Waals surface area contributed by atoms with Crippen LogP contribution >= 0.6 is 11.3 Å². The Hall–Kier alpha value is -7.45. The molecule has 7 amide bonds. The summed E-state index contributed by atoms with van der Waals surface area (Å²) >= 11 is 1.31. The number of ether oxygens (including phenoxy) is 3. The van der Waals surface area contributed by atoms with E-state index in [2.05, 4.69) is 42.1 Å². The topological polar surface area (TPSA) is 419 Å². The summed E-state index contributed by atoms with van der Waals surface area (Å²) in [6.45, 7) is 2.90. The quantitative estimate of drug-likeness (QED) is 0.0353. The number of nitrogens with two attached hydrogens (primary N) is 1. The summed E-state index contributed by atoms with van der Waals surface area (Å²) in [4.78, 5) is 103. The standard InChI is InChI=1S/C61H85N11O17S/c1-33-31-72-51(52(33)79)57(84)64-30-39(74)28-42(65-53(80)36-11-13-37(14-12-36)58-69-70-59(90-58)38-15-17-41(18-16-38)88-24-9-7-5-6-8-23-87-4)54(81)66-48(34(2)73)60(85)71-32-40(75)29-43(71)55(82)67-49(56(83)68-50(61(72)86)45(77)20-21-62)46(78)26-35-10-19-44(76)47(27-35)89-25-22-63-3/h10-19,27,33-34,39-40,42-43,45-46,48-52,63,73-79H,5-9,20-26,28-32,62H2,1-4H3,(H,64,84)(H,65,80)(H,66,81)(H,67,82)(H,68,83)/t33-,34+,39+,40+,42-,43-,45+,46+,48-,49-,50-,51-,52-/m0/s1. The first-order valence-corrected chi connectivity index (χ1v) is 31.1. The molecule has 3 aliphatic rings. The van der Waals surface area contributed by atoms with E-state index in [1.54, 1.807) is 26.3 Å². The molecule has 13 atom stereocenters. The largest absolute Gasteiger partial charge is 0.504 e. The Labute approximate surface area is 525 Å². The summed E-state index contributed by atoms with van der Waals surface area (Å²) in [5, 5.41) is 104. The number of benzene rings is 3. The molecule has 0 aliphatic carbocycles. The summed E-state index contributed by atoms with van der Waals surface area (Å²) < 4.78 is 16.7. The summed E-state index contributed by atoms with van der Waals surface area (Å²) in [6, 6.07) is 6.82. The van der Waals surface area contributed by atoms with Crippen molar-refractivity contribution in [3.8, 4) is 38.4 Å². The molecular formula is C61H85N11O17S. The number of hydrogen-bond acceptors (Lipinski definition) is 22. The number of aliphatic hydroxyl groups excluding tert-OH is 6. The third-order valence-electron chi connectivity index (χ3n) is 16.0. The van der Waals surface area contributed by atoms with Gasteiger partial charge in [0.15, 0.2) is 11.5 Å². The molecule has 3 aliphatic heterocycles. The number of amides is 7. The Balaban J connectivity index is 1.14. The molecule has 90 heavy (non-hydrogen) atoms. The van der Waals surface area contributed by atoms with Gasteiger partial charge in [-0.15, -0.1) is 10.2 Å². The van der Waals surface area contributed by atoms with Crippen LogP contribution in [0.15, 0.2) is 66.7 Å². The van der Waals surface area contributed by atoms with Crippen LogP contribution in [0.1, 0.15) is 81.1 Å². The Morgan fingerprint density at radius 3 is 2.02 bits per heavy atom. The molecule has 3 saturated heterocycles. The van der Waals surface area contributed by atoms with E-state index in [4.69, 9.17) is 19.9 Å². The molecule has 0 unspecified atom stereocenters. The molecule has 492 valence electrons. The van der Waals surface area contributed by atoms with E-state index in [0.717, 1.165) is 66.7 Å².